The SMILES string of the molecule is C#CP([B]C(CC)CCC(=C)CCCCCCCCCCCCCCCCC)CC. The van der Waals surface area contributed by atoms with E-state index in [0.29, 0.717) is 5.82 Å². The van der Waals surface area contributed by atoms with Crippen LogP contribution in [0.1, 0.15) is 143 Å². The molecule has 0 N–H and O–H groups in total. The molecule has 0 rings (SSSR count). The van der Waals surface area contributed by atoms with Gasteiger partial charge < -0.3 is 0 Å². The highest BCUT2D eigenvalue weighted by Crippen LogP contribution is 2.38. The van der Waals surface area contributed by atoms with Gasteiger partial charge in [-0.1, -0.05) is 155 Å². The second kappa shape index (κ2) is 23.5. The highest BCUT2D eigenvalue weighted by Gasteiger charge is 2.14. The van der Waals surface area contributed by atoms with E-state index in [4.69, 9.17) is 6.42 Å². The average molecular weight is 432 g/mol. The van der Waals surface area contributed by atoms with Gasteiger partial charge in [0.15, 0.2) is 7.00 Å². The van der Waals surface area contributed by atoms with Crippen LogP contribution in [-0.4, -0.2) is 13.2 Å². The summed E-state index contributed by atoms with van der Waals surface area (Å²) in [6.45, 7) is 13.6. The third kappa shape index (κ3) is 19.7. The molecule has 173 valence electrons. The van der Waals surface area contributed by atoms with Gasteiger partial charge in [0.1, 0.15) is 0 Å². The molecule has 0 aliphatic carbocycles. The number of unbranched alkanes of at least 4 members (excludes halogenated alkanes) is 14. The fourth-order valence-corrected chi connectivity index (χ4v) is 5.49. The van der Waals surface area contributed by atoms with Gasteiger partial charge in [0.2, 0.25) is 0 Å². The first-order valence-corrected chi connectivity index (χ1v) is 15.0. The van der Waals surface area contributed by atoms with Crippen LogP contribution in [0.4, 0.5) is 0 Å². The van der Waals surface area contributed by atoms with Gasteiger partial charge in [0, 0.05) is 0 Å². The van der Waals surface area contributed by atoms with E-state index in [-0.39, 0.29) is 7.80 Å². The molecule has 1 radical (unpaired) electrons. The Hall–Kier alpha value is -0.205. The first kappa shape index (κ1) is 29.8. The lowest BCUT2D eigenvalue weighted by Crippen LogP contribution is -2.03. The van der Waals surface area contributed by atoms with Gasteiger partial charge in [0.25, 0.3) is 0 Å². The smallest absolute Gasteiger partial charge is 0.116 e. The highest BCUT2D eigenvalue weighted by molar-refractivity contribution is 7.90. The minimum absolute atomic E-state index is 0.288. The van der Waals surface area contributed by atoms with Crippen LogP contribution < -0.4 is 0 Å². The Morgan fingerprint density at radius 3 is 1.63 bits per heavy atom. The Labute approximate surface area is 193 Å². The van der Waals surface area contributed by atoms with E-state index >= 15 is 0 Å². The van der Waals surface area contributed by atoms with Crippen molar-refractivity contribution < 1.29 is 0 Å². The summed E-state index contributed by atoms with van der Waals surface area (Å²) in [6, 6.07) is 0. The Morgan fingerprint density at radius 2 is 1.23 bits per heavy atom. The molecule has 30 heavy (non-hydrogen) atoms. The Morgan fingerprint density at radius 1 is 0.767 bits per heavy atom. The number of allylic oxidation sites excluding steroid dienone is 1. The van der Waals surface area contributed by atoms with Crippen molar-refractivity contribution in [1.82, 2.24) is 0 Å². The Kier molecular flexibility index (Phi) is 23.3. The molecule has 2 unspecified atom stereocenters. The van der Waals surface area contributed by atoms with E-state index in [1.165, 1.54) is 128 Å². The lowest BCUT2D eigenvalue weighted by Gasteiger charge is -2.17. The van der Waals surface area contributed by atoms with Gasteiger partial charge in [-0.05, 0) is 25.4 Å². The van der Waals surface area contributed by atoms with Crippen LogP contribution in [0.5, 0.6) is 0 Å². The lowest BCUT2D eigenvalue weighted by atomic mass is 9.79. The third-order valence-electron chi connectivity index (χ3n) is 6.42. The van der Waals surface area contributed by atoms with Gasteiger partial charge in [0.05, 0.1) is 0 Å². The molecule has 0 aliphatic rings. The minimum Gasteiger partial charge on any atom is -0.116 e. The van der Waals surface area contributed by atoms with Crippen LogP contribution >= 0.6 is 7.80 Å². The topological polar surface area (TPSA) is 0 Å². The van der Waals surface area contributed by atoms with Crippen molar-refractivity contribution in [3.63, 3.8) is 0 Å². The molecule has 0 spiro atoms. The number of rotatable bonds is 23. The summed E-state index contributed by atoms with van der Waals surface area (Å²) < 4.78 is 0. The van der Waals surface area contributed by atoms with Crippen molar-refractivity contribution in [2.45, 2.75) is 149 Å². The van der Waals surface area contributed by atoms with Crippen molar-refractivity contribution in [3.8, 4) is 12.1 Å². The number of hydrogen-bond acceptors (Lipinski definition) is 0. The molecular formula is C28H53BP. The summed E-state index contributed by atoms with van der Waals surface area (Å²) in [6.07, 6.45) is 33.1. The second-order valence-electron chi connectivity index (χ2n) is 9.22. The van der Waals surface area contributed by atoms with Crippen LogP contribution in [0.15, 0.2) is 12.2 Å². The summed E-state index contributed by atoms with van der Waals surface area (Å²) in [5.41, 5.74) is 4.43. The van der Waals surface area contributed by atoms with Crippen molar-refractivity contribution in [3.05, 3.63) is 12.2 Å². The van der Waals surface area contributed by atoms with Gasteiger partial charge in [-0.15, -0.1) is 6.42 Å². The average Bonchev–Trinajstić information content (AvgIpc) is 2.76. The maximum absolute atomic E-state index is 5.64. The van der Waals surface area contributed by atoms with Crippen molar-refractivity contribution in [1.29, 1.82) is 0 Å². The number of terminal acetylenes is 1. The first-order chi connectivity index (χ1) is 14.7. The molecule has 0 aromatic heterocycles. The van der Waals surface area contributed by atoms with Crippen molar-refractivity contribution in [2.24, 2.45) is 0 Å². The Bertz CT molecular complexity index is 411. The fourth-order valence-electron chi connectivity index (χ4n) is 4.14. The quantitative estimate of drug-likeness (QED) is 0.0496. The second-order valence-corrected chi connectivity index (χ2v) is 11.3. The van der Waals surface area contributed by atoms with E-state index in [1.807, 2.05) is 0 Å². The molecular weight excluding hydrogens is 378 g/mol. The Balaban J connectivity index is 3.41. The summed E-state index contributed by atoms with van der Waals surface area (Å²) >= 11 is 0. The minimum atomic E-state index is -0.288. The van der Waals surface area contributed by atoms with E-state index in [0.717, 1.165) is 6.16 Å². The zero-order valence-corrected chi connectivity index (χ0v) is 21.9. The molecule has 0 fully saturated rings. The van der Waals surface area contributed by atoms with Crippen molar-refractivity contribution in [2.75, 3.05) is 6.16 Å². The normalized spacial score (nSPS) is 13.0. The largest absolute Gasteiger partial charge is 0.166 e. The lowest BCUT2D eigenvalue weighted by molar-refractivity contribution is 0.531. The molecule has 2 atom stereocenters. The molecule has 0 aromatic carbocycles. The highest BCUT2D eigenvalue weighted by atomic mass is 31.1. The maximum Gasteiger partial charge on any atom is 0.166 e. The molecule has 0 heterocycles. The van der Waals surface area contributed by atoms with E-state index in [9.17, 15) is 0 Å². The molecule has 0 bridgehead atoms. The van der Waals surface area contributed by atoms with Gasteiger partial charge in [-0.25, -0.2) is 0 Å². The summed E-state index contributed by atoms with van der Waals surface area (Å²) in [4.78, 5) is 0. The predicted molar refractivity (Wildman–Crippen MR) is 144 cm³/mol. The summed E-state index contributed by atoms with van der Waals surface area (Å²) in [5, 5.41) is 0. The van der Waals surface area contributed by atoms with Crippen LogP contribution in [0.25, 0.3) is 0 Å². The molecule has 0 aliphatic heterocycles. The standard InChI is InChI=1S/C28H53BP/c1-6-10-11-12-13-14-15-16-17-18-19-20-21-22-23-24-27(5)25-26-28(7-2)29-30(8-3)9-4/h3,28H,5-7,9-26H2,1-2,4H3. The molecule has 0 nitrogen and oxygen atoms in total. The van der Waals surface area contributed by atoms with Crippen LogP contribution in [0.2, 0.25) is 5.82 Å². The zero-order chi connectivity index (χ0) is 22.3. The van der Waals surface area contributed by atoms with Crippen LogP contribution in [0.3, 0.4) is 0 Å². The van der Waals surface area contributed by atoms with Crippen LogP contribution in [-0.2, 0) is 0 Å². The molecule has 0 amide bonds. The molecule has 0 saturated heterocycles. The van der Waals surface area contributed by atoms with Gasteiger partial charge in [-0.2, -0.15) is 0 Å². The fraction of sp³-hybridized carbons (Fsp3) is 0.857. The summed E-state index contributed by atoms with van der Waals surface area (Å²) in [7, 11) is -0.288. The predicted octanol–water partition coefficient (Wildman–Crippen LogP) is 10.5. The molecule has 2 heteroatoms. The number of hydrogen-bond donors (Lipinski definition) is 0. The first-order valence-electron chi connectivity index (χ1n) is 13.4. The molecule has 0 aromatic rings. The maximum atomic E-state index is 5.64. The van der Waals surface area contributed by atoms with Gasteiger partial charge >= 0.3 is 0 Å². The van der Waals surface area contributed by atoms with Crippen molar-refractivity contribution >= 4 is 14.8 Å². The van der Waals surface area contributed by atoms with Crippen LogP contribution in [0, 0.1) is 12.1 Å². The third-order valence-corrected chi connectivity index (χ3v) is 8.22. The van der Waals surface area contributed by atoms with Gasteiger partial charge in [-0.3, -0.25) is 0 Å². The van der Waals surface area contributed by atoms with E-state index in [1.54, 1.807) is 0 Å². The monoisotopic (exact) mass is 431 g/mol. The van der Waals surface area contributed by atoms with E-state index < -0.39 is 0 Å². The zero-order valence-electron chi connectivity index (χ0n) is 21.0. The van der Waals surface area contributed by atoms with E-state index in [2.05, 4.69) is 40.0 Å². The molecule has 0 saturated carbocycles. The summed E-state index contributed by atoms with van der Waals surface area (Å²) in [5.74, 6) is 0.685.